The van der Waals surface area contributed by atoms with Crippen LogP contribution in [0.3, 0.4) is 0 Å². The highest BCUT2D eigenvalue weighted by Gasteiger charge is 2.21. The third kappa shape index (κ3) is 22.3. The van der Waals surface area contributed by atoms with Crippen molar-refractivity contribution < 1.29 is 43.7 Å². The van der Waals surface area contributed by atoms with Crippen molar-refractivity contribution in [2.75, 3.05) is 0 Å². The molecule has 0 radical (unpaired) electrons. The molecule has 0 saturated carbocycles. The summed E-state index contributed by atoms with van der Waals surface area (Å²) in [5, 5.41) is 0. The van der Waals surface area contributed by atoms with Crippen LogP contribution in [0.1, 0.15) is 38.5 Å². The zero-order valence-corrected chi connectivity index (χ0v) is 17.1. The Hall–Kier alpha value is -2.01. The highest BCUT2D eigenvalue weighted by molar-refractivity contribution is 6.50. The number of hydrogen-bond donors (Lipinski definition) is 0. The predicted octanol–water partition coefficient (Wildman–Crippen LogP) is 4.58. The first-order valence-electron chi connectivity index (χ1n) is 9.50. The second-order valence-electron chi connectivity index (χ2n) is 6.74. The minimum Gasteiger partial charge on any atom is -0.418 e. The Morgan fingerprint density at radius 1 is 0.567 bits per heavy atom. The normalized spacial score (nSPS) is 11.4. The lowest BCUT2D eigenvalue weighted by molar-refractivity contribution is -0.671. The summed E-state index contributed by atoms with van der Waals surface area (Å²) in [5.41, 5.74) is 0. The standard InChI is InChI=1S/C16H28N4.2BF4/c1-17-11-13-19(15-17)9-7-5-3-4-6-8-10-20-14-12-18(2)16-20;2*2-1(3,4)5/h11-16H,3-10H2,1-2H3;;/q+2;2*-1. The van der Waals surface area contributed by atoms with E-state index in [-0.39, 0.29) is 0 Å². The van der Waals surface area contributed by atoms with Gasteiger partial charge in [0.2, 0.25) is 12.7 Å². The van der Waals surface area contributed by atoms with E-state index >= 15 is 0 Å². The maximum atomic E-state index is 9.75. The molecule has 2 aromatic heterocycles. The lowest BCUT2D eigenvalue weighted by Crippen LogP contribution is -2.23. The number of aromatic nitrogens is 4. The molecule has 30 heavy (non-hydrogen) atoms. The molecule has 4 nitrogen and oxygen atoms in total. The van der Waals surface area contributed by atoms with Gasteiger partial charge in [0.15, 0.2) is 0 Å². The van der Waals surface area contributed by atoms with Crippen LogP contribution in [0.2, 0.25) is 0 Å². The zero-order valence-electron chi connectivity index (χ0n) is 17.1. The molecule has 2 rings (SSSR count). The summed E-state index contributed by atoms with van der Waals surface area (Å²) >= 11 is 0. The van der Waals surface area contributed by atoms with Crippen molar-refractivity contribution in [1.29, 1.82) is 0 Å². The van der Waals surface area contributed by atoms with Crippen LogP contribution in [0.5, 0.6) is 0 Å². The van der Waals surface area contributed by atoms with Gasteiger partial charge in [-0.25, -0.2) is 18.3 Å². The molecule has 0 aliphatic carbocycles. The number of unbranched alkanes of at least 4 members (excludes halogenated alkanes) is 5. The van der Waals surface area contributed by atoms with E-state index in [1.807, 2.05) is 0 Å². The van der Waals surface area contributed by atoms with Crippen molar-refractivity contribution in [3.05, 3.63) is 37.4 Å². The Morgan fingerprint density at radius 2 is 0.833 bits per heavy atom. The van der Waals surface area contributed by atoms with Gasteiger partial charge in [-0.3, -0.25) is 0 Å². The van der Waals surface area contributed by atoms with Crippen LogP contribution in [-0.2, 0) is 27.2 Å². The molecular weight excluding hydrogens is 422 g/mol. The molecule has 0 spiro atoms. The van der Waals surface area contributed by atoms with Crippen molar-refractivity contribution >= 4 is 14.5 Å². The molecule has 0 unspecified atom stereocenters. The maximum Gasteiger partial charge on any atom is 0.673 e. The van der Waals surface area contributed by atoms with E-state index in [0.717, 1.165) is 13.1 Å². The van der Waals surface area contributed by atoms with Crippen LogP contribution in [0.25, 0.3) is 0 Å². The van der Waals surface area contributed by atoms with Crippen LogP contribution in [-0.4, -0.2) is 23.6 Å². The number of rotatable bonds is 9. The van der Waals surface area contributed by atoms with E-state index in [2.05, 4.69) is 69.8 Å². The molecule has 0 atom stereocenters. The number of halogens is 8. The Morgan fingerprint density at radius 3 is 1.07 bits per heavy atom. The fourth-order valence-electron chi connectivity index (χ4n) is 2.56. The van der Waals surface area contributed by atoms with Crippen LogP contribution < -0.4 is 9.13 Å². The molecule has 0 amide bonds. The van der Waals surface area contributed by atoms with Crippen molar-refractivity contribution in [1.82, 2.24) is 9.13 Å². The lowest BCUT2D eigenvalue weighted by atomic mass is 10.1. The third-order valence-electron chi connectivity index (χ3n) is 3.73. The first-order valence-corrected chi connectivity index (χ1v) is 9.50. The zero-order chi connectivity index (χ0) is 23.2. The summed E-state index contributed by atoms with van der Waals surface area (Å²) in [4.78, 5) is 0. The number of aryl methyl sites for hydroxylation is 4. The minimum atomic E-state index is -6.00. The predicted molar refractivity (Wildman–Crippen MR) is 99.3 cm³/mol. The van der Waals surface area contributed by atoms with E-state index < -0.39 is 14.5 Å². The van der Waals surface area contributed by atoms with E-state index in [0.29, 0.717) is 0 Å². The van der Waals surface area contributed by atoms with Crippen LogP contribution in [0, 0.1) is 0 Å². The fraction of sp³-hybridized carbons (Fsp3) is 0.625. The summed E-state index contributed by atoms with van der Waals surface area (Å²) in [5.74, 6) is 0. The maximum absolute atomic E-state index is 9.75. The Bertz CT molecular complexity index is 615. The first-order chi connectivity index (χ1) is 13.7. The van der Waals surface area contributed by atoms with Crippen molar-refractivity contribution in [2.24, 2.45) is 14.1 Å². The van der Waals surface area contributed by atoms with Crippen molar-refractivity contribution in [3.8, 4) is 0 Å². The van der Waals surface area contributed by atoms with Crippen LogP contribution in [0.4, 0.5) is 34.5 Å². The van der Waals surface area contributed by atoms with Crippen molar-refractivity contribution in [2.45, 2.75) is 51.6 Å². The Labute approximate surface area is 171 Å². The molecule has 2 heterocycles. The van der Waals surface area contributed by atoms with Gasteiger partial charge in [0.05, 0.1) is 27.2 Å². The van der Waals surface area contributed by atoms with Gasteiger partial charge in [0.1, 0.15) is 24.8 Å². The van der Waals surface area contributed by atoms with E-state index in [9.17, 15) is 34.5 Å². The Balaban J connectivity index is 0.000000702. The molecule has 0 saturated heterocycles. The highest BCUT2D eigenvalue weighted by Crippen LogP contribution is 2.08. The summed E-state index contributed by atoms with van der Waals surface area (Å²) < 4.78 is 86.7. The largest absolute Gasteiger partial charge is 0.673 e. The number of imidazole rings is 2. The van der Waals surface area contributed by atoms with Crippen LogP contribution >= 0.6 is 0 Å². The van der Waals surface area contributed by atoms with Gasteiger partial charge in [-0.05, 0) is 25.7 Å². The van der Waals surface area contributed by atoms with Gasteiger partial charge in [0.25, 0.3) is 0 Å². The molecule has 0 fully saturated rings. The second kappa shape index (κ2) is 14.1. The average Bonchev–Trinajstić information content (AvgIpc) is 3.15. The van der Waals surface area contributed by atoms with Gasteiger partial charge in [-0.2, -0.15) is 0 Å². The summed E-state index contributed by atoms with van der Waals surface area (Å²) in [6.07, 6.45) is 20.8. The first kappa shape index (κ1) is 28.0. The highest BCUT2D eigenvalue weighted by atomic mass is 19.5. The molecule has 0 aliphatic heterocycles. The van der Waals surface area contributed by atoms with Gasteiger partial charge in [-0.15, -0.1) is 0 Å². The van der Waals surface area contributed by atoms with E-state index in [4.69, 9.17) is 0 Å². The average molecular weight is 450 g/mol. The number of nitrogens with zero attached hydrogens (tertiary/aromatic N) is 4. The Kier molecular flexibility index (Phi) is 13.1. The van der Waals surface area contributed by atoms with Gasteiger partial charge >= 0.3 is 14.5 Å². The molecule has 0 aromatic carbocycles. The second-order valence-corrected chi connectivity index (χ2v) is 6.74. The molecule has 0 aliphatic rings. The quantitative estimate of drug-likeness (QED) is 0.231. The molecular formula is C16H28B2F8N4. The summed E-state index contributed by atoms with van der Waals surface area (Å²) in [6, 6.07) is 0. The smallest absolute Gasteiger partial charge is 0.418 e. The minimum absolute atomic E-state index is 1.15. The molecule has 2 aromatic rings. The molecule has 0 bridgehead atoms. The fourth-order valence-corrected chi connectivity index (χ4v) is 2.56. The lowest BCUT2D eigenvalue weighted by Gasteiger charge is -2.00. The van der Waals surface area contributed by atoms with E-state index in [1.165, 1.54) is 38.5 Å². The molecule has 14 heteroatoms. The summed E-state index contributed by atoms with van der Waals surface area (Å²) in [6.45, 7) is 2.31. The van der Waals surface area contributed by atoms with Gasteiger partial charge in [0, 0.05) is 0 Å². The number of hydrogen-bond acceptors (Lipinski definition) is 0. The van der Waals surface area contributed by atoms with Gasteiger partial charge in [-0.1, -0.05) is 12.8 Å². The monoisotopic (exact) mass is 450 g/mol. The summed E-state index contributed by atoms with van der Waals surface area (Å²) in [7, 11) is -7.86. The van der Waals surface area contributed by atoms with Gasteiger partial charge < -0.3 is 34.5 Å². The van der Waals surface area contributed by atoms with E-state index in [1.54, 1.807) is 0 Å². The van der Waals surface area contributed by atoms with Crippen LogP contribution in [0.15, 0.2) is 37.4 Å². The molecule has 174 valence electrons. The van der Waals surface area contributed by atoms with Crippen molar-refractivity contribution in [3.63, 3.8) is 0 Å². The third-order valence-corrected chi connectivity index (χ3v) is 3.73. The molecule has 0 N–H and O–H groups in total. The SMILES string of the molecule is C[n+]1ccn(CCCCCCCCn2cc[n+](C)c2)c1.F[B-](F)(F)F.F[B-](F)(F)F. The topological polar surface area (TPSA) is 17.6 Å².